The predicted octanol–water partition coefficient (Wildman–Crippen LogP) is 10.9. The smallest absolute Gasteiger partial charge is 0.333 e. The van der Waals surface area contributed by atoms with Crippen molar-refractivity contribution in [3.8, 4) is 28.0 Å². The Hall–Kier alpha value is -4.95. The average molecular weight is 809 g/mol. The molecule has 320 valence electrons. The molecule has 0 saturated heterocycles. The van der Waals surface area contributed by atoms with Gasteiger partial charge in [0, 0.05) is 28.7 Å². The largest absolute Gasteiger partial charge is 0.493 e. The van der Waals surface area contributed by atoms with Crippen LogP contribution in [0.2, 0.25) is 0 Å². The Morgan fingerprint density at radius 2 is 1.07 bits per heavy atom. The number of esters is 3. The summed E-state index contributed by atoms with van der Waals surface area (Å²) in [4.78, 5) is 36.1. The minimum absolute atomic E-state index is 0.0614. The van der Waals surface area contributed by atoms with Gasteiger partial charge in [-0.15, -0.1) is 0 Å². The molecule has 1 N–H and O–H groups in total. The molecule has 1 unspecified atom stereocenters. The van der Waals surface area contributed by atoms with Crippen LogP contribution in [0.5, 0.6) is 5.75 Å². The number of aryl methyl sites for hydroxylation is 4. The van der Waals surface area contributed by atoms with Crippen LogP contribution >= 0.6 is 0 Å². The molecule has 3 rings (SSSR count). The third-order valence-corrected chi connectivity index (χ3v) is 11.3. The lowest BCUT2D eigenvalue weighted by molar-refractivity contribution is -0.139. The van der Waals surface area contributed by atoms with Crippen LogP contribution in [0.15, 0.2) is 91.1 Å². The van der Waals surface area contributed by atoms with Gasteiger partial charge in [0.25, 0.3) is 0 Å². The van der Waals surface area contributed by atoms with Crippen LogP contribution < -0.4 is 4.74 Å². The molecular formula is C51H68O8. The van der Waals surface area contributed by atoms with Gasteiger partial charge in [-0.3, -0.25) is 0 Å². The Labute approximate surface area is 353 Å². The molecule has 0 spiro atoms. The topological polar surface area (TPSA) is 108 Å². The van der Waals surface area contributed by atoms with E-state index in [1.165, 1.54) is 11.1 Å². The van der Waals surface area contributed by atoms with Crippen LogP contribution in [0.3, 0.4) is 0 Å². The van der Waals surface area contributed by atoms with Crippen LogP contribution in [-0.2, 0) is 54.3 Å². The summed E-state index contributed by atoms with van der Waals surface area (Å²) in [5, 5.41) is 10.6. The van der Waals surface area contributed by atoms with Crippen molar-refractivity contribution in [1.82, 2.24) is 0 Å². The first-order valence-electron chi connectivity index (χ1n) is 21.1. The van der Waals surface area contributed by atoms with E-state index in [4.69, 9.17) is 18.9 Å². The molecule has 8 heteroatoms. The van der Waals surface area contributed by atoms with E-state index < -0.39 is 11.9 Å². The van der Waals surface area contributed by atoms with E-state index in [0.717, 1.165) is 64.8 Å². The number of aliphatic hydroxyl groups is 1. The fourth-order valence-electron chi connectivity index (χ4n) is 7.20. The monoisotopic (exact) mass is 808 g/mol. The maximum Gasteiger partial charge on any atom is 0.333 e. The molecule has 3 aromatic rings. The molecule has 3 aromatic carbocycles. The van der Waals surface area contributed by atoms with Crippen molar-refractivity contribution in [2.75, 3.05) is 33.0 Å². The summed E-state index contributed by atoms with van der Waals surface area (Å²) < 4.78 is 23.0. The lowest BCUT2D eigenvalue weighted by atomic mass is 9.63. The van der Waals surface area contributed by atoms with Gasteiger partial charge in [0.1, 0.15) is 5.75 Å². The fraction of sp³-hybridized carbons (Fsp3) is 0.471. The molecule has 0 saturated carbocycles. The number of carbonyl (C=O) groups is 3. The van der Waals surface area contributed by atoms with E-state index >= 15 is 0 Å². The minimum atomic E-state index is -0.411. The second-order valence-electron chi connectivity index (χ2n) is 16.7. The van der Waals surface area contributed by atoms with Crippen LogP contribution in [0.25, 0.3) is 22.3 Å². The van der Waals surface area contributed by atoms with Gasteiger partial charge in [-0.25, -0.2) is 14.4 Å². The Kier molecular flexibility index (Phi) is 18.9. The van der Waals surface area contributed by atoms with E-state index in [-0.39, 0.29) is 36.6 Å². The highest BCUT2D eigenvalue weighted by molar-refractivity contribution is 5.87. The van der Waals surface area contributed by atoms with Crippen molar-refractivity contribution in [3.63, 3.8) is 0 Å². The van der Waals surface area contributed by atoms with Crippen molar-refractivity contribution in [3.05, 3.63) is 113 Å². The van der Waals surface area contributed by atoms with Gasteiger partial charge in [0.2, 0.25) is 0 Å². The number of benzene rings is 3. The molecule has 0 fully saturated rings. The molecule has 0 amide bonds. The number of ether oxygens (including phenoxy) is 4. The van der Waals surface area contributed by atoms with Gasteiger partial charge in [0.15, 0.2) is 0 Å². The van der Waals surface area contributed by atoms with Crippen molar-refractivity contribution in [2.45, 2.75) is 113 Å². The lowest BCUT2D eigenvalue weighted by Gasteiger charge is -2.43. The zero-order valence-electron chi connectivity index (χ0n) is 37.0. The fourth-order valence-corrected chi connectivity index (χ4v) is 7.20. The number of hydrogen-bond acceptors (Lipinski definition) is 8. The van der Waals surface area contributed by atoms with Gasteiger partial charge in [-0.2, -0.15) is 0 Å². The van der Waals surface area contributed by atoms with Crippen molar-refractivity contribution < 1.29 is 38.4 Å². The second kappa shape index (κ2) is 23.0. The number of hydrogen-bond donors (Lipinski definition) is 1. The Morgan fingerprint density at radius 3 is 1.49 bits per heavy atom. The van der Waals surface area contributed by atoms with Crippen molar-refractivity contribution >= 4 is 17.9 Å². The number of rotatable bonds is 24. The minimum Gasteiger partial charge on any atom is -0.493 e. The summed E-state index contributed by atoms with van der Waals surface area (Å²) in [7, 11) is 0. The molecule has 0 aromatic heterocycles. The first-order valence-corrected chi connectivity index (χ1v) is 21.1. The molecule has 0 radical (unpaired) electrons. The maximum absolute atomic E-state index is 12.2. The first kappa shape index (κ1) is 48.4. The zero-order chi connectivity index (χ0) is 43.8. The summed E-state index contributed by atoms with van der Waals surface area (Å²) in [5.74, 6) is -0.395. The van der Waals surface area contributed by atoms with Crippen molar-refractivity contribution in [2.24, 2.45) is 10.8 Å². The highest BCUT2D eigenvalue weighted by Crippen LogP contribution is 2.44. The molecule has 59 heavy (non-hydrogen) atoms. The highest BCUT2D eigenvalue weighted by Gasteiger charge is 2.39. The Bertz CT molecular complexity index is 1870. The normalized spacial score (nSPS) is 12.3. The highest BCUT2D eigenvalue weighted by atomic mass is 16.5. The van der Waals surface area contributed by atoms with E-state index in [0.29, 0.717) is 62.0 Å². The van der Waals surface area contributed by atoms with Crippen LogP contribution in [-0.4, -0.2) is 56.0 Å². The van der Waals surface area contributed by atoms with E-state index in [1.807, 2.05) is 0 Å². The molecular weight excluding hydrogens is 741 g/mol. The Balaban J connectivity index is 2.02. The van der Waals surface area contributed by atoms with Gasteiger partial charge in [-0.05, 0) is 141 Å². The molecule has 1 atom stereocenters. The van der Waals surface area contributed by atoms with E-state index in [9.17, 15) is 19.5 Å². The summed E-state index contributed by atoms with van der Waals surface area (Å²) in [6.07, 6.45) is 6.21. The van der Waals surface area contributed by atoms with Gasteiger partial charge in [-0.1, -0.05) is 96.8 Å². The molecule has 0 bridgehead atoms. The predicted molar refractivity (Wildman–Crippen MR) is 238 cm³/mol. The average Bonchev–Trinajstić information content (AvgIpc) is 3.20. The maximum atomic E-state index is 12.2. The SMILES string of the molecule is C=C(C)C(=O)OCCCc1ccc(-c2ccc(-c3cc(CCCOC(=O)C(=C)C)c(OCCC(CC)(CO)C(C)(C)C)c(CCCOC(=O)C(=C)C)c3)c(CC)c2)cc1. The molecule has 8 nitrogen and oxygen atoms in total. The van der Waals surface area contributed by atoms with Gasteiger partial charge in [0.05, 0.1) is 26.4 Å². The number of carbonyl (C=O) groups excluding carboxylic acids is 3. The summed E-state index contributed by atoms with van der Waals surface area (Å²) in [6, 6.07) is 19.5. The molecule has 0 aliphatic heterocycles. The number of aliphatic hydroxyl groups excluding tert-OH is 1. The third kappa shape index (κ3) is 14.1. The lowest BCUT2D eigenvalue weighted by Crippen LogP contribution is -2.40. The second-order valence-corrected chi connectivity index (χ2v) is 16.7. The van der Waals surface area contributed by atoms with Gasteiger partial charge >= 0.3 is 17.9 Å². The first-order chi connectivity index (χ1) is 28.0. The molecule has 0 aliphatic carbocycles. The molecule has 0 aliphatic rings. The standard InChI is InChI=1S/C51H68O8/c1-12-39-31-41(40-22-20-38(21-23-40)17-14-27-57-47(53)35(3)4)24-25-45(39)44-32-42(18-15-28-58-48(54)36(5)6)46(43(33-44)19-16-29-59-49(55)37(7)8)56-30-26-51(13-2,34-52)50(9,10)11/h20-25,31-33,52H,3,5,7,12-19,26-30,34H2,1-2,4,6,8-11H3. The van der Waals surface area contributed by atoms with E-state index in [1.54, 1.807) is 20.8 Å². The summed E-state index contributed by atoms with van der Waals surface area (Å²) in [5.41, 5.74) is 9.45. The third-order valence-electron chi connectivity index (χ3n) is 11.3. The Morgan fingerprint density at radius 1 is 0.610 bits per heavy atom. The zero-order valence-corrected chi connectivity index (χ0v) is 37.0. The summed E-state index contributed by atoms with van der Waals surface area (Å²) in [6.45, 7) is 28.1. The van der Waals surface area contributed by atoms with Gasteiger partial charge < -0.3 is 24.1 Å². The van der Waals surface area contributed by atoms with Crippen LogP contribution in [0.1, 0.15) is 110 Å². The quantitative estimate of drug-likeness (QED) is 0.0412. The van der Waals surface area contributed by atoms with Crippen LogP contribution in [0.4, 0.5) is 0 Å². The van der Waals surface area contributed by atoms with Crippen LogP contribution in [0, 0.1) is 10.8 Å². The molecule has 0 heterocycles. The summed E-state index contributed by atoms with van der Waals surface area (Å²) >= 11 is 0. The van der Waals surface area contributed by atoms with Crippen molar-refractivity contribution in [1.29, 1.82) is 0 Å². The van der Waals surface area contributed by atoms with E-state index in [2.05, 4.69) is 109 Å².